The van der Waals surface area contributed by atoms with Crippen LogP contribution in [-0.4, -0.2) is 77.1 Å². The van der Waals surface area contributed by atoms with Crippen LogP contribution in [0.15, 0.2) is 23.3 Å². The first-order valence-electron chi connectivity index (χ1n) is 10.4. The number of nitrogens with one attached hydrogen (secondary N) is 3. The lowest BCUT2D eigenvalue weighted by molar-refractivity contribution is 0.0200. The predicted molar refractivity (Wildman–Crippen MR) is 115 cm³/mol. The second-order valence-electron chi connectivity index (χ2n) is 7.54. The number of sulfonamides is 1. The zero-order valence-corrected chi connectivity index (χ0v) is 18.1. The molecule has 30 heavy (non-hydrogen) atoms. The zero-order valence-electron chi connectivity index (χ0n) is 17.3. The van der Waals surface area contributed by atoms with Crippen LogP contribution < -0.4 is 20.3 Å². The average Bonchev–Trinajstić information content (AvgIpc) is 3.21. The molecule has 0 aromatic carbocycles. The van der Waals surface area contributed by atoms with Gasteiger partial charge < -0.3 is 20.3 Å². The first-order valence-corrected chi connectivity index (χ1v) is 12.0. The minimum Gasteiger partial charge on any atom is -0.377 e. The molecule has 11 heteroatoms. The smallest absolute Gasteiger partial charge is 0.213 e. The minimum absolute atomic E-state index is 0.0369. The minimum atomic E-state index is -3.40. The highest BCUT2D eigenvalue weighted by Crippen LogP contribution is 2.20. The van der Waals surface area contributed by atoms with Crippen molar-refractivity contribution in [3.05, 3.63) is 24.1 Å². The number of aromatic nitrogens is 1. The second kappa shape index (κ2) is 10.9. The van der Waals surface area contributed by atoms with Crippen LogP contribution in [0.2, 0.25) is 0 Å². The number of hydrogen-bond acceptors (Lipinski definition) is 6. The Morgan fingerprint density at radius 2 is 2.27 bits per heavy atom. The topological polar surface area (TPSA) is 108 Å². The van der Waals surface area contributed by atoms with Crippen LogP contribution in [0.1, 0.15) is 25.7 Å². The average molecular weight is 443 g/mol. The lowest BCUT2D eigenvalue weighted by Gasteiger charge is -2.22. The third kappa shape index (κ3) is 6.78. The number of ether oxygens (including phenoxy) is 1. The molecule has 0 aliphatic carbocycles. The molecule has 2 atom stereocenters. The molecule has 1 aromatic rings. The van der Waals surface area contributed by atoms with Crippen LogP contribution in [0.4, 0.5) is 10.2 Å². The number of anilines is 1. The van der Waals surface area contributed by atoms with Crippen molar-refractivity contribution in [2.45, 2.75) is 37.8 Å². The van der Waals surface area contributed by atoms with Gasteiger partial charge >= 0.3 is 0 Å². The third-order valence-corrected chi connectivity index (χ3v) is 6.61. The number of nitrogens with zero attached hydrogens (tertiary/aromatic N) is 3. The largest absolute Gasteiger partial charge is 0.377 e. The zero-order chi connectivity index (χ0) is 21.4. The van der Waals surface area contributed by atoms with Gasteiger partial charge in [0.1, 0.15) is 0 Å². The predicted octanol–water partition coefficient (Wildman–Crippen LogP) is 0.453. The maximum atomic E-state index is 13.9. The molecular formula is C19H31FN6O3S. The summed E-state index contributed by atoms with van der Waals surface area (Å²) in [5.74, 6) is 0.478. The maximum absolute atomic E-state index is 13.9. The molecule has 1 aromatic heterocycles. The molecule has 168 valence electrons. The lowest BCUT2D eigenvalue weighted by Crippen LogP contribution is -2.46. The summed E-state index contributed by atoms with van der Waals surface area (Å²) < 4.78 is 46.5. The van der Waals surface area contributed by atoms with Crippen LogP contribution >= 0.6 is 0 Å². The second-order valence-corrected chi connectivity index (χ2v) is 9.47. The van der Waals surface area contributed by atoms with Crippen LogP contribution in [-0.2, 0) is 14.8 Å². The molecular weight excluding hydrogens is 411 g/mol. The number of rotatable bonds is 8. The Bertz CT molecular complexity index is 816. The van der Waals surface area contributed by atoms with E-state index >= 15 is 0 Å². The van der Waals surface area contributed by atoms with E-state index in [2.05, 4.69) is 25.3 Å². The Morgan fingerprint density at radius 1 is 1.40 bits per heavy atom. The number of halogens is 1. The van der Waals surface area contributed by atoms with Gasteiger partial charge in [-0.25, -0.2) is 22.5 Å². The van der Waals surface area contributed by atoms with Gasteiger partial charge in [-0.1, -0.05) is 0 Å². The highest BCUT2D eigenvalue weighted by molar-refractivity contribution is 7.89. The summed E-state index contributed by atoms with van der Waals surface area (Å²) in [4.78, 5) is 10.2. The molecule has 0 saturated carbocycles. The SMILES string of the molecule is CN=C(NCCS(=O)(=O)NCC1CCCCO1)NC1CCN(c2ncccc2F)C1. The van der Waals surface area contributed by atoms with Crippen molar-refractivity contribution in [1.82, 2.24) is 20.3 Å². The summed E-state index contributed by atoms with van der Waals surface area (Å²) in [7, 11) is -1.76. The van der Waals surface area contributed by atoms with Crippen LogP contribution in [0.5, 0.6) is 0 Å². The van der Waals surface area contributed by atoms with E-state index in [4.69, 9.17) is 4.74 Å². The van der Waals surface area contributed by atoms with E-state index in [1.54, 1.807) is 19.3 Å². The Labute approximate surface area is 177 Å². The summed E-state index contributed by atoms with van der Waals surface area (Å²) >= 11 is 0. The summed E-state index contributed by atoms with van der Waals surface area (Å²) in [5.41, 5.74) is 0. The van der Waals surface area contributed by atoms with Gasteiger partial charge in [-0.3, -0.25) is 4.99 Å². The molecule has 2 unspecified atom stereocenters. The number of pyridine rings is 1. The van der Waals surface area contributed by atoms with Crippen molar-refractivity contribution in [3.8, 4) is 0 Å². The van der Waals surface area contributed by atoms with Gasteiger partial charge in [-0.15, -0.1) is 0 Å². The Hall–Kier alpha value is -1.98. The van der Waals surface area contributed by atoms with E-state index in [0.717, 1.165) is 25.7 Å². The quantitative estimate of drug-likeness (QED) is 0.396. The lowest BCUT2D eigenvalue weighted by atomic mass is 10.1. The van der Waals surface area contributed by atoms with Crippen molar-refractivity contribution >= 4 is 21.8 Å². The van der Waals surface area contributed by atoms with Gasteiger partial charge in [0.2, 0.25) is 10.0 Å². The molecule has 2 aliphatic heterocycles. The molecule has 0 spiro atoms. The molecule has 2 saturated heterocycles. The Balaban J connectivity index is 1.39. The highest BCUT2D eigenvalue weighted by atomic mass is 32.2. The van der Waals surface area contributed by atoms with E-state index in [9.17, 15) is 12.8 Å². The number of aliphatic imine (C=N–C) groups is 1. The fourth-order valence-corrected chi connectivity index (χ4v) is 4.59. The van der Waals surface area contributed by atoms with Crippen molar-refractivity contribution < 1.29 is 17.5 Å². The summed E-state index contributed by atoms with van der Waals surface area (Å²) in [5, 5.41) is 6.30. The van der Waals surface area contributed by atoms with Crippen molar-refractivity contribution in [2.24, 2.45) is 4.99 Å². The molecule has 2 fully saturated rings. The van der Waals surface area contributed by atoms with Crippen molar-refractivity contribution in [1.29, 1.82) is 0 Å². The summed E-state index contributed by atoms with van der Waals surface area (Å²) in [6.45, 7) is 2.52. The molecule has 0 bridgehead atoms. The van der Waals surface area contributed by atoms with E-state index < -0.39 is 10.0 Å². The molecule has 0 radical (unpaired) electrons. The van der Waals surface area contributed by atoms with Gasteiger partial charge in [0.25, 0.3) is 0 Å². The van der Waals surface area contributed by atoms with Crippen molar-refractivity contribution in [2.75, 3.05) is 50.5 Å². The van der Waals surface area contributed by atoms with Gasteiger partial charge in [0.15, 0.2) is 17.6 Å². The Kier molecular flexibility index (Phi) is 8.23. The maximum Gasteiger partial charge on any atom is 0.213 e. The van der Waals surface area contributed by atoms with E-state index in [1.165, 1.54) is 6.07 Å². The number of hydrogen-bond donors (Lipinski definition) is 3. The van der Waals surface area contributed by atoms with Gasteiger partial charge in [0, 0.05) is 52.1 Å². The molecule has 3 rings (SSSR count). The molecule has 0 amide bonds. The van der Waals surface area contributed by atoms with Crippen LogP contribution in [0.25, 0.3) is 0 Å². The van der Waals surface area contributed by atoms with Crippen LogP contribution in [0, 0.1) is 5.82 Å². The van der Waals surface area contributed by atoms with Gasteiger partial charge in [-0.2, -0.15) is 0 Å². The monoisotopic (exact) mass is 442 g/mol. The molecule has 2 aliphatic rings. The van der Waals surface area contributed by atoms with Crippen molar-refractivity contribution in [3.63, 3.8) is 0 Å². The molecule has 9 nitrogen and oxygen atoms in total. The fraction of sp³-hybridized carbons (Fsp3) is 0.684. The standard InChI is InChI=1S/C19H31FN6O3S/c1-21-19(23-9-12-30(27,28)24-13-16-5-2-3-11-29-16)25-15-7-10-26(14-15)18-17(20)6-4-8-22-18/h4,6,8,15-16,24H,2-3,5,7,9-14H2,1H3,(H2,21,23,25). The van der Waals surface area contributed by atoms with Crippen LogP contribution in [0.3, 0.4) is 0 Å². The van der Waals surface area contributed by atoms with E-state index in [-0.39, 0.29) is 30.3 Å². The number of guanidine groups is 1. The first-order chi connectivity index (χ1) is 14.5. The molecule has 3 heterocycles. The third-order valence-electron chi connectivity index (χ3n) is 5.26. The van der Waals surface area contributed by atoms with E-state index in [0.29, 0.717) is 38.0 Å². The van der Waals surface area contributed by atoms with Gasteiger partial charge in [0.05, 0.1) is 11.9 Å². The first kappa shape index (κ1) is 22.7. The summed E-state index contributed by atoms with van der Waals surface area (Å²) in [6, 6.07) is 3.04. The fourth-order valence-electron chi connectivity index (χ4n) is 3.63. The van der Waals surface area contributed by atoms with E-state index in [1.807, 2.05) is 4.90 Å². The summed E-state index contributed by atoms with van der Waals surface area (Å²) in [6.07, 6.45) is 5.34. The normalized spacial score (nSPS) is 22.9. The molecule has 3 N–H and O–H groups in total. The Morgan fingerprint density at radius 3 is 3.00 bits per heavy atom. The highest BCUT2D eigenvalue weighted by Gasteiger charge is 2.26. The van der Waals surface area contributed by atoms with Gasteiger partial charge in [-0.05, 0) is 37.8 Å².